The molecule has 31 heavy (non-hydrogen) atoms. The summed E-state index contributed by atoms with van der Waals surface area (Å²) < 4.78 is 2.02. The number of anilines is 1. The number of benzene rings is 1. The Kier molecular flexibility index (Phi) is 5.20. The van der Waals surface area contributed by atoms with E-state index in [1.54, 1.807) is 12.1 Å². The van der Waals surface area contributed by atoms with Crippen LogP contribution in [0.5, 0.6) is 0 Å². The van der Waals surface area contributed by atoms with Crippen LogP contribution in [0.25, 0.3) is 11.8 Å². The number of carbonyl (C=O) groups excluding carboxylic acids is 3. The van der Waals surface area contributed by atoms with E-state index < -0.39 is 17.8 Å². The standard InChI is InChI=1S/C23H19ClN4O3/c1-13-10-16(15(3)27(13)20-8-4-7-19(24)14(20)2)11-18-21(29)26-23(31)28(22(18)30)17-6-5-9-25-12-17/h4-12H,1-3H3,(H,26,29,31)/b18-11+. The molecule has 1 saturated heterocycles. The Labute approximate surface area is 184 Å². The van der Waals surface area contributed by atoms with Crippen LogP contribution in [-0.4, -0.2) is 27.4 Å². The second-order valence-corrected chi connectivity index (χ2v) is 7.62. The summed E-state index contributed by atoms with van der Waals surface area (Å²) in [6.45, 7) is 5.77. The number of hydrogen-bond donors (Lipinski definition) is 1. The Morgan fingerprint density at radius 2 is 1.84 bits per heavy atom. The third kappa shape index (κ3) is 3.53. The quantitative estimate of drug-likeness (QED) is 0.496. The molecule has 4 rings (SSSR count). The first-order chi connectivity index (χ1) is 14.8. The van der Waals surface area contributed by atoms with Crippen molar-refractivity contribution in [1.29, 1.82) is 0 Å². The molecule has 3 aromatic rings. The zero-order chi connectivity index (χ0) is 22.3. The van der Waals surface area contributed by atoms with Gasteiger partial charge in [0, 0.05) is 28.3 Å². The fourth-order valence-corrected chi connectivity index (χ4v) is 3.85. The molecule has 0 unspecified atom stereocenters. The van der Waals surface area contributed by atoms with E-state index in [2.05, 4.69) is 10.3 Å². The van der Waals surface area contributed by atoms with E-state index in [-0.39, 0.29) is 11.3 Å². The highest BCUT2D eigenvalue weighted by Crippen LogP contribution is 2.29. The smallest absolute Gasteiger partial charge is 0.318 e. The normalized spacial score (nSPS) is 15.5. The first kappa shape index (κ1) is 20.6. The van der Waals surface area contributed by atoms with E-state index in [0.717, 1.165) is 27.5 Å². The molecular formula is C23H19ClN4O3. The molecule has 1 aliphatic rings. The van der Waals surface area contributed by atoms with Gasteiger partial charge in [0.15, 0.2) is 0 Å². The maximum atomic E-state index is 13.0. The number of rotatable bonds is 3. The van der Waals surface area contributed by atoms with Gasteiger partial charge < -0.3 is 4.57 Å². The number of hydrogen-bond acceptors (Lipinski definition) is 4. The van der Waals surface area contributed by atoms with Crippen LogP contribution in [0.3, 0.4) is 0 Å². The Bertz CT molecular complexity index is 1260. The Hall–Kier alpha value is -3.71. The van der Waals surface area contributed by atoms with Gasteiger partial charge in [-0.05, 0) is 68.3 Å². The van der Waals surface area contributed by atoms with Crippen LogP contribution in [-0.2, 0) is 9.59 Å². The maximum Gasteiger partial charge on any atom is 0.336 e. The molecule has 0 saturated carbocycles. The van der Waals surface area contributed by atoms with Crippen LogP contribution in [0.1, 0.15) is 22.5 Å². The van der Waals surface area contributed by atoms with Crippen molar-refractivity contribution in [1.82, 2.24) is 14.9 Å². The molecule has 1 aliphatic heterocycles. The summed E-state index contributed by atoms with van der Waals surface area (Å²) in [5.41, 5.74) is 4.42. The fourth-order valence-electron chi connectivity index (χ4n) is 3.68. The van der Waals surface area contributed by atoms with Crippen molar-refractivity contribution in [3.05, 3.63) is 81.9 Å². The summed E-state index contributed by atoms with van der Waals surface area (Å²) in [7, 11) is 0. The highest BCUT2D eigenvalue weighted by atomic mass is 35.5. The molecule has 4 amide bonds. The Morgan fingerprint density at radius 1 is 1.06 bits per heavy atom. The van der Waals surface area contributed by atoms with Gasteiger partial charge in [-0.2, -0.15) is 0 Å². The number of nitrogens with zero attached hydrogens (tertiary/aromatic N) is 3. The van der Waals surface area contributed by atoms with Crippen LogP contribution in [0.4, 0.5) is 10.5 Å². The van der Waals surface area contributed by atoms with Gasteiger partial charge in [-0.25, -0.2) is 9.69 Å². The summed E-state index contributed by atoms with van der Waals surface area (Å²) in [4.78, 5) is 42.7. The number of carbonyl (C=O) groups is 3. The van der Waals surface area contributed by atoms with Crippen molar-refractivity contribution in [2.24, 2.45) is 0 Å². The van der Waals surface area contributed by atoms with Gasteiger partial charge in [-0.1, -0.05) is 17.7 Å². The summed E-state index contributed by atoms with van der Waals surface area (Å²) in [5.74, 6) is -1.44. The number of aryl methyl sites for hydroxylation is 1. The predicted octanol–water partition coefficient (Wildman–Crippen LogP) is 4.12. The van der Waals surface area contributed by atoms with Gasteiger partial charge in [-0.15, -0.1) is 0 Å². The number of nitrogens with one attached hydrogen (secondary N) is 1. The molecule has 0 atom stereocenters. The van der Waals surface area contributed by atoms with Crippen LogP contribution >= 0.6 is 11.6 Å². The third-order valence-corrected chi connectivity index (χ3v) is 5.67. The van der Waals surface area contributed by atoms with Gasteiger partial charge in [0.05, 0.1) is 11.9 Å². The first-order valence-electron chi connectivity index (χ1n) is 9.55. The molecule has 7 nitrogen and oxygen atoms in total. The average molecular weight is 435 g/mol. The van der Waals surface area contributed by atoms with Crippen LogP contribution in [0.15, 0.2) is 54.4 Å². The highest BCUT2D eigenvalue weighted by Gasteiger charge is 2.37. The third-order valence-electron chi connectivity index (χ3n) is 5.26. The van der Waals surface area contributed by atoms with Gasteiger partial charge in [0.25, 0.3) is 11.8 Å². The monoisotopic (exact) mass is 434 g/mol. The second kappa shape index (κ2) is 7.85. The lowest BCUT2D eigenvalue weighted by Gasteiger charge is -2.26. The lowest BCUT2D eigenvalue weighted by molar-refractivity contribution is -0.122. The number of halogens is 1. The highest BCUT2D eigenvalue weighted by molar-refractivity contribution is 6.39. The zero-order valence-electron chi connectivity index (χ0n) is 17.1. The Balaban J connectivity index is 1.79. The molecule has 156 valence electrons. The minimum absolute atomic E-state index is 0.133. The summed E-state index contributed by atoms with van der Waals surface area (Å²) in [6, 6.07) is 9.92. The average Bonchev–Trinajstić information content (AvgIpc) is 3.01. The van der Waals surface area contributed by atoms with Crippen molar-refractivity contribution in [3.8, 4) is 5.69 Å². The lowest BCUT2D eigenvalue weighted by atomic mass is 10.1. The number of amides is 4. The predicted molar refractivity (Wildman–Crippen MR) is 118 cm³/mol. The van der Waals surface area contributed by atoms with Gasteiger partial charge in [0.2, 0.25) is 0 Å². The largest absolute Gasteiger partial charge is 0.336 e. The van der Waals surface area contributed by atoms with Crippen molar-refractivity contribution in [3.63, 3.8) is 0 Å². The van der Waals surface area contributed by atoms with Gasteiger partial charge in [-0.3, -0.25) is 19.9 Å². The topological polar surface area (TPSA) is 84.3 Å². The molecule has 2 aromatic heterocycles. The summed E-state index contributed by atoms with van der Waals surface area (Å²) in [5, 5.41) is 2.88. The van der Waals surface area contributed by atoms with E-state index in [0.29, 0.717) is 10.6 Å². The number of pyridine rings is 1. The van der Waals surface area contributed by atoms with Crippen molar-refractivity contribution >= 4 is 41.2 Å². The number of imide groups is 2. The lowest BCUT2D eigenvalue weighted by Crippen LogP contribution is -2.54. The minimum atomic E-state index is -0.805. The van der Waals surface area contributed by atoms with Gasteiger partial charge in [0.1, 0.15) is 5.57 Å². The van der Waals surface area contributed by atoms with E-state index >= 15 is 0 Å². The van der Waals surface area contributed by atoms with Crippen molar-refractivity contribution in [2.45, 2.75) is 20.8 Å². The fraction of sp³-hybridized carbons (Fsp3) is 0.130. The molecule has 3 heterocycles. The molecule has 1 fully saturated rings. The zero-order valence-corrected chi connectivity index (χ0v) is 17.9. The van der Waals surface area contributed by atoms with Crippen LogP contribution < -0.4 is 10.2 Å². The van der Waals surface area contributed by atoms with Crippen LogP contribution in [0, 0.1) is 20.8 Å². The molecule has 1 aromatic carbocycles. The van der Waals surface area contributed by atoms with E-state index in [9.17, 15) is 14.4 Å². The number of barbiturate groups is 1. The van der Waals surface area contributed by atoms with Crippen LogP contribution in [0.2, 0.25) is 5.02 Å². The minimum Gasteiger partial charge on any atom is -0.318 e. The molecule has 0 radical (unpaired) electrons. The summed E-state index contributed by atoms with van der Waals surface area (Å²) >= 11 is 6.29. The molecule has 1 N–H and O–H groups in total. The number of aromatic nitrogens is 2. The maximum absolute atomic E-state index is 13.0. The Morgan fingerprint density at radius 3 is 2.55 bits per heavy atom. The second-order valence-electron chi connectivity index (χ2n) is 7.21. The van der Waals surface area contributed by atoms with E-state index in [1.165, 1.54) is 18.5 Å². The van der Waals surface area contributed by atoms with E-state index in [4.69, 9.17) is 11.6 Å². The first-order valence-corrected chi connectivity index (χ1v) is 9.93. The summed E-state index contributed by atoms with van der Waals surface area (Å²) in [6.07, 6.45) is 4.43. The SMILES string of the molecule is Cc1c(Cl)cccc1-n1c(C)cc(/C=C2\C(=O)NC(=O)N(c3cccnc3)C2=O)c1C. The number of urea groups is 1. The van der Waals surface area contributed by atoms with E-state index in [1.807, 2.05) is 49.6 Å². The molecule has 0 spiro atoms. The molecule has 0 aliphatic carbocycles. The van der Waals surface area contributed by atoms with Crippen molar-refractivity contribution in [2.75, 3.05) is 4.90 Å². The molecule has 0 bridgehead atoms. The van der Waals surface area contributed by atoms with Crippen molar-refractivity contribution < 1.29 is 14.4 Å². The molecule has 8 heteroatoms. The van der Waals surface area contributed by atoms with Gasteiger partial charge >= 0.3 is 6.03 Å². The molecular weight excluding hydrogens is 416 g/mol.